The molecule has 0 rings (SSSR count). The van der Waals surface area contributed by atoms with E-state index in [1.807, 2.05) is 21.1 Å². The molecule has 0 aromatic heterocycles. The van der Waals surface area contributed by atoms with Gasteiger partial charge in [0, 0.05) is 6.42 Å². The van der Waals surface area contributed by atoms with Crippen LogP contribution in [0.1, 0.15) is 309 Å². The topological polar surface area (TPSA) is 108 Å². The standard InChI is InChI=1S/C59H119N2O6P/c1-6-8-10-12-14-16-18-20-22-24-26-27-28-29-30-31-32-33-35-37-39-41-43-45-47-49-51-53-59(63)60-57(56-67-68(64,65)66-55-54-61(3,4)5)58(62)52-50-48-46-44-42-40-38-36-34-25-23-21-19-17-15-13-11-9-7-2/h24,26,57-58,62H,6-23,25,27-56H2,1-5H3,(H-,60,63,64,65)/b26-24-. The number of phosphoric ester groups is 1. The van der Waals surface area contributed by atoms with Gasteiger partial charge in [-0.3, -0.25) is 9.36 Å². The molecule has 0 aromatic carbocycles. The van der Waals surface area contributed by atoms with E-state index in [-0.39, 0.29) is 19.1 Å². The van der Waals surface area contributed by atoms with E-state index in [9.17, 15) is 19.4 Å². The Kier molecular flexibility index (Phi) is 50.6. The first-order valence-corrected chi connectivity index (χ1v) is 31.5. The Morgan fingerprint density at radius 2 is 0.809 bits per heavy atom. The van der Waals surface area contributed by atoms with Crippen molar-refractivity contribution >= 4 is 13.7 Å². The van der Waals surface area contributed by atoms with Crippen molar-refractivity contribution in [3.8, 4) is 0 Å². The van der Waals surface area contributed by atoms with Gasteiger partial charge < -0.3 is 28.8 Å². The Labute approximate surface area is 424 Å². The number of carbonyl (C=O) groups is 1. The Morgan fingerprint density at radius 1 is 0.500 bits per heavy atom. The van der Waals surface area contributed by atoms with Crippen LogP contribution in [-0.4, -0.2) is 68.5 Å². The Bertz CT molecular complexity index is 1120. The molecule has 8 nitrogen and oxygen atoms in total. The van der Waals surface area contributed by atoms with Crippen LogP contribution in [0.3, 0.4) is 0 Å². The monoisotopic (exact) mass is 983 g/mol. The van der Waals surface area contributed by atoms with Crippen LogP contribution in [0.25, 0.3) is 0 Å². The summed E-state index contributed by atoms with van der Waals surface area (Å²) in [5.41, 5.74) is 0. The number of quaternary nitrogens is 1. The summed E-state index contributed by atoms with van der Waals surface area (Å²) >= 11 is 0. The van der Waals surface area contributed by atoms with Gasteiger partial charge in [-0.25, -0.2) is 0 Å². The number of carbonyl (C=O) groups excluding carboxylic acids is 1. The predicted molar refractivity (Wildman–Crippen MR) is 293 cm³/mol. The molecule has 0 saturated carbocycles. The second-order valence-corrected chi connectivity index (χ2v) is 23.5. The highest BCUT2D eigenvalue weighted by Crippen LogP contribution is 2.38. The quantitative estimate of drug-likeness (QED) is 0.0272. The molecule has 68 heavy (non-hydrogen) atoms. The first-order chi connectivity index (χ1) is 33.0. The van der Waals surface area contributed by atoms with Crippen LogP contribution in [0.2, 0.25) is 0 Å². The maximum absolute atomic E-state index is 13.0. The Morgan fingerprint density at radius 3 is 1.15 bits per heavy atom. The van der Waals surface area contributed by atoms with Crippen LogP contribution in [0.4, 0.5) is 0 Å². The summed E-state index contributed by atoms with van der Waals surface area (Å²) in [6.07, 6.45) is 62.5. The van der Waals surface area contributed by atoms with Gasteiger partial charge in [-0.15, -0.1) is 0 Å². The van der Waals surface area contributed by atoms with Crippen LogP contribution < -0.4 is 10.2 Å². The number of phosphoric acid groups is 1. The molecule has 0 spiro atoms. The number of rotatable bonds is 56. The summed E-state index contributed by atoms with van der Waals surface area (Å²) in [6, 6.07) is -0.797. The molecule has 0 bridgehead atoms. The van der Waals surface area contributed by atoms with Crippen molar-refractivity contribution in [3.05, 3.63) is 12.2 Å². The van der Waals surface area contributed by atoms with Crippen molar-refractivity contribution in [2.45, 2.75) is 321 Å². The second-order valence-electron chi connectivity index (χ2n) is 22.1. The lowest BCUT2D eigenvalue weighted by molar-refractivity contribution is -0.870. The summed E-state index contributed by atoms with van der Waals surface area (Å²) in [4.78, 5) is 25.6. The molecule has 0 saturated heterocycles. The zero-order chi connectivity index (χ0) is 49.9. The minimum atomic E-state index is -4.57. The third-order valence-corrected chi connectivity index (χ3v) is 15.0. The maximum atomic E-state index is 13.0. The van der Waals surface area contributed by atoms with Crippen molar-refractivity contribution in [2.24, 2.45) is 0 Å². The van der Waals surface area contributed by atoms with E-state index in [4.69, 9.17) is 9.05 Å². The Balaban J connectivity index is 4.09. The van der Waals surface area contributed by atoms with Crippen LogP contribution >= 0.6 is 7.82 Å². The molecule has 3 unspecified atom stereocenters. The second kappa shape index (κ2) is 51.2. The van der Waals surface area contributed by atoms with Crippen molar-refractivity contribution in [1.82, 2.24) is 5.32 Å². The molecule has 9 heteroatoms. The highest BCUT2D eigenvalue weighted by atomic mass is 31.2. The molecule has 0 aromatic rings. The molecule has 0 radical (unpaired) electrons. The van der Waals surface area contributed by atoms with Crippen molar-refractivity contribution in [2.75, 3.05) is 40.9 Å². The maximum Gasteiger partial charge on any atom is 0.268 e. The number of likely N-dealkylation sites (N-methyl/N-ethyl adjacent to an activating group) is 1. The molecule has 3 atom stereocenters. The summed E-state index contributed by atoms with van der Waals surface area (Å²) in [5.74, 6) is -0.158. The molecule has 0 aliphatic rings. The molecular weight excluding hydrogens is 864 g/mol. The molecule has 2 N–H and O–H groups in total. The number of hydrogen-bond acceptors (Lipinski definition) is 6. The van der Waals surface area contributed by atoms with Crippen molar-refractivity contribution in [1.29, 1.82) is 0 Å². The summed E-state index contributed by atoms with van der Waals surface area (Å²) in [5, 5.41) is 14.0. The summed E-state index contributed by atoms with van der Waals surface area (Å²) in [7, 11) is 1.32. The SMILES string of the molecule is CCCCCCCCCC/C=C\CCCCCCCCCCCCCCCCCC(=O)NC(COP(=O)([O-])OCC[N+](C)(C)C)C(O)CCCCCCCCCCCCCCCCCCCCC. The van der Waals surface area contributed by atoms with Crippen LogP contribution in [0.15, 0.2) is 12.2 Å². The normalized spacial score (nSPS) is 13.9. The fourth-order valence-electron chi connectivity index (χ4n) is 9.27. The molecule has 0 aliphatic carbocycles. The lowest BCUT2D eigenvalue weighted by Crippen LogP contribution is -2.46. The van der Waals surface area contributed by atoms with E-state index < -0.39 is 20.0 Å². The lowest BCUT2D eigenvalue weighted by Gasteiger charge is -2.30. The van der Waals surface area contributed by atoms with E-state index in [0.29, 0.717) is 23.9 Å². The number of allylic oxidation sites excluding steroid dienone is 2. The lowest BCUT2D eigenvalue weighted by atomic mass is 10.0. The zero-order valence-electron chi connectivity index (χ0n) is 46.3. The summed E-state index contributed by atoms with van der Waals surface area (Å²) < 4.78 is 23.4. The van der Waals surface area contributed by atoms with E-state index in [1.54, 1.807) is 0 Å². The van der Waals surface area contributed by atoms with E-state index in [2.05, 4.69) is 31.3 Å². The van der Waals surface area contributed by atoms with Gasteiger partial charge in [0.2, 0.25) is 5.91 Å². The molecule has 406 valence electrons. The molecule has 0 fully saturated rings. The third-order valence-electron chi connectivity index (χ3n) is 14.0. The fourth-order valence-corrected chi connectivity index (χ4v) is 10.00. The number of aliphatic hydroxyl groups is 1. The molecule has 1 amide bonds. The van der Waals surface area contributed by atoms with Crippen LogP contribution in [0, 0.1) is 0 Å². The van der Waals surface area contributed by atoms with E-state index >= 15 is 0 Å². The number of nitrogens with zero attached hydrogens (tertiary/aromatic N) is 1. The van der Waals surface area contributed by atoms with Gasteiger partial charge in [-0.1, -0.05) is 276 Å². The molecular formula is C59H119N2O6P. The van der Waals surface area contributed by atoms with Gasteiger partial charge >= 0.3 is 0 Å². The number of amides is 1. The number of hydrogen-bond donors (Lipinski definition) is 2. The zero-order valence-corrected chi connectivity index (χ0v) is 47.2. The van der Waals surface area contributed by atoms with E-state index in [1.165, 1.54) is 244 Å². The number of aliphatic hydroxyl groups excluding tert-OH is 1. The third kappa shape index (κ3) is 53.0. The predicted octanol–water partition coefficient (Wildman–Crippen LogP) is 17.6. The smallest absolute Gasteiger partial charge is 0.268 e. The van der Waals surface area contributed by atoms with Crippen molar-refractivity contribution in [3.63, 3.8) is 0 Å². The van der Waals surface area contributed by atoms with E-state index in [0.717, 1.165) is 38.5 Å². The number of unbranched alkanes of at least 4 members (excludes halogenated alkanes) is 41. The first kappa shape index (κ1) is 67.2. The first-order valence-electron chi connectivity index (χ1n) is 30.0. The fraction of sp³-hybridized carbons (Fsp3) is 0.949. The van der Waals surface area contributed by atoms with Gasteiger partial charge in [-0.2, -0.15) is 0 Å². The van der Waals surface area contributed by atoms with Gasteiger partial charge in [0.25, 0.3) is 7.82 Å². The van der Waals surface area contributed by atoms with Crippen LogP contribution in [0.5, 0.6) is 0 Å². The van der Waals surface area contributed by atoms with Crippen LogP contribution in [-0.2, 0) is 18.4 Å². The van der Waals surface area contributed by atoms with Gasteiger partial charge in [-0.05, 0) is 38.5 Å². The molecule has 0 heterocycles. The van der Waals surface area contributed by atoms with Gasteiger partial charge in [0.1, 0.15) is 13.2 Å². The van der Waals surface area contributed by atoms with Gasteiger partial charge in [0.15, 0.2) is 0 Å². The average molecular weight is 984 g/mol. The largest absolute Gasteiger partial charge is 0.756 e. The summed E-state index contributed by atoms with van der Waals surface area (Å²) in [6.45, 7) is 4.77. The number of nitrogens with one attached hydrogen (secondary N) is 1. The van der Waals surface area contributed by atoms with Crippen molar-refractivity contribution < 1.29 is 32.9 Å². The highest BCUT2D eigenvalue weighted by molar-refractivity contribution is 7.45. The minimum Gasteiger partial charge on any atom is -0.756 e. The molecule has 0 aliphatic heterocycles. The van der Waals surface area contributed by atoms with Gasteiger partial charge in [0.05, 0.1) is 39.9 Å². The minimum absolute atomic E-state index is 0.0153. The highest BCUT2D eigenvalue weighted by Gasteiger charge is 2.24. The average Bonchev–Trinajstić information content (AvgIpc) is 3.30. The Hall–Kier alpha value is -0.760.